The maximum absolute atomic E-state index is 12.2. The first kappa shape index (κ1) is 15.5. The van der Waals surface area contributed by atoms with Gasteiger partial charge in [0, 0.05) is 29.9 Å². The second-order valence-corrected chi connectivity index (χ2v) is 5.41. The van der Waals surface area contributed by atoms with Gasteiger partial charge in [-0.25, -0.2) is 0 Å². The zero-order valence-corrected chi connectivity index (χ0v) is 12.9. The van der Waals surface area contributed by atoms with Crippen molar-refractivity contribution in [2.45, 2.75) is 26.1 Å². The number of likely N-dealkylation sites (N-methyl/N-ethyl adjacent to an activating group) is 1. The van der Waals surface area contributed by atoms with E-state index in [1.54, 1.807) is 6.20 Å². The van der Waals surface area contributed by atoms with E-state index in [1.165, 1.54) is 0 Å². The molecule has 6 heteroatoms. The Balaban J connectivity index is 1.86. The van der Waals surface area contributed by atoms with Crippen molar-refractivity contribution in [1.29, 1.82) is 0 Å². The maximum atomic E-state index is 12.2. The normalized spacial score (nSPS) is 12.4. The highest BCUT2D eigenvalue weighted by Gasteiger charge is 2.18. The largest absolute Gasteiger partial charge is 0.351 e. The number of H-pyrrole nitrogens is 1. The van der Waals surface area contributed by atoms with E-state index in [9.17, 15) is 4.79 Å². The molecule has 1 aromatic heterocycles. The topological polar surface area (TPSA) is 61.0 Å². The molecule has 2 N–H and O–H groups in total. The number of halogens is 1. The molecule has 1 atom stereocenters. The number of hydrogen-bond acceptors (Lipinski definition) is 3. The number of nitrogens with zero attached hydrogens (tertiary/aromatic N) is 2. The van der Waals surface area contributed by atoms with Crippen molar-refractivity contribution in [2.75, 3.05) is 7.05 Å². The minimum absolute atomic E-state index is 0.0269. The number of aromatic amines is 1. The molecule has 112 valence electrons. The summed E-state index contributed by atoms with van der Waals surface area (Å²) in [6.07, 6.45) is 3.58. The van der Waals surface area contributed by atoms with Crippen molar-refractivity contribution < 1.29 is 4.79 Å². The Labute approximate surface area is 129 Å². The molecule has 2 aromatic rings. The van der Waals surface area contributed by atoms with Crippen LogP contribution in [0.15, 0.2) is 36.7 Å². The van der Waals surface area contributed by atoms with Gasteiger partial charge in [0.05, 0.1) is 12.2 Å². The third-order valence-corrected chi connectivity index (χ3v) is 3.81. The molecule has 0 saturated heterocycles. The quantitative estimate of drug-likeness (QED) is 0.860. The van der Waals surface area contributed by atoms with Crippen LogP contribution in [0, 0.1) is 0 Å². The summed E-state index contributed by atoms with van der Waals surface area (Å²) < 4.78 is 0. The third kappa shape index (κ3) is 4.31. The van der Waals surface area contributed by atoms with E-state index in [0.717, 1.165) is 11.1 Å². The molecule has 0 spiro atoms. The van der Waals surface area contributed by atoms with Crippen LogP contribution in [0.4, 0.5) is 0 Å². The summed E-state index contributed by atoms with van der Waals surface area (Å²) in [7, 11) is 1.91. The molecule has 0 unspecified atom stereocenters. The van der Waals surface area contributed by atoms with E-state index in [1.807, 2.05) is 49.3 Å². The molecule has 0 aliphatic rings. The summed E-state index contributed by atoms with van der Waals surface area (Å²) in [6.45, 7) is 2.97. The highest BCUT2D eigenvalue weighted by Crippen LogP contribution is 2.14. The zero-order valence-electron chi connectivity index (χ0n) is 12.1. The van der Waals surface area contributed by atoms with Crippen molar-refractivity contribution >= 4 is 17.5 Å². The second kappa shape index (κ2) is 7.24. The Morgan fingerprint density at radius 1 is 1.48 bits per heavy atom. The zero-order chi connectivity index (χ0) is 15.2. The number of rotatable bonds is 6. The van der Waals surface area contributed by atoms with Crippen molar-refractivity contribution in [3.05, 3.63) is 52.8 Å². The van der Waals surface area contributed by atoms with Crippen LogP contribution in [0.3, 0.4) is 0 Å². The van der Waals surface area contributed by atoms with Crippen molar-refractivity contribution in [1.82, 2.24) is 20.4 Å². The molecular weight excluding hydrogens is 288 g/mol. The molecule has 1 heterocycles. The van der Waals surface area contributed by atoms with Crippen molar-refractivity contribution in [2.24, 2.45) is 0 Å². The van der Waals surface area contributed by atoms with Crippen LogP contribution in [-0.4, -0.2) is 34.1 Å². The lowest BCUT2D eigenvalue weighted by molar-refractivity contribution is -0.125. The minimum Gasteiger partial charge on any atom is -0.351 e. The van der Waals surface area contributed by atoms with Crippen molar-refractivity contribution in [3.63, 3.8) is 0 Å². The van der Waals surface area contributed by atoms with Gasteiger partial charge in [-0.2, -0.15) is 5.10 Å². The van der Waals surface area contributed by atoms with Gasteiger partial charge in [-0.05, 0) is 25.6 Å². The molecular formula is C15H19ClN4O. The molecule has 0 saturated carbocycles. The molecule has 1 amide bonds. The fourth-order valence-electron chi connectivity index (χ4n) is 1.96. The number of benzene rings is 1. The fourth-order valence-corrected chi connectivity index (χ4v) is 2.16. The average Bonchev–Trinajstić information content (AvgIpc) is 2.98. The number of hydrogen-bond donors (Lipinski definition) is 2. The Kier molecular flexibility index (Phi) is 5.36. The number of nitrogens with one attached hydrogen (secondary N) is 2. The van der Waals surface area contributed by atoms with Gasteiger partial charge in [0.1, 0.15) is 0 Å². The van der Waals surface area contributed by atoms with E-state index >= 15 is 0 Å². The van der Waals surface area contributed by atoms with Gasteiger partial charge >= 0.3 is 0 Å². The van der Waals surface area contributed by atoms with Crippen LogP contribution in [-0.2, 0) is 17.9 Å². The first-order valence-electron chi connectivity index (χ1n) is 6.77. The molecule has 21 heavy (non-hydrogen) atoms. The van der Waals surface area contributed by atoms with Crippen LogP contribution >= 0.6 is 11.6 Å². The monoisotopic (exact) mass is 306 g/mol. The smallest absolute Gasteiger partial charge is 0.237 e. The van der Waals surface area contributed by atoms with Crippen LogP contribution in [0.5, 0.6) is 0 Å². The second-order valence-electron chi connectivity index (χ2n) is 5.01. The van der Waals surface area contributed by atoms with E-state index in [-0.39, 0.29) is 11.9 Å². The van der Waals surface area contributed by atoms with Gasteiger partial charge < -0.3 is 5.32 Å². The molecule has 2 rings (SSSR count). The first-order chi connectivity index (χ1) is 10.1. The number of carbonyl (C=O) groups is 1. The van der Waals surface area contributed by atoms with Crippen LogP contribution < -0.4 is 5.32 Å². The minimum atomic E-state index is -0.234. The van der Waals surface area contributed by atoms with Crippen LogP contribution in [0.1, 0.15) is 18.1 Å². The maximum Gasteiger partial charge on any atom is 0.237 e. The average molecular weight is 307 g/mol. The first-order valence-corrected chi connectivity index (χ1v) is 7.14. The van der Waals surface area contributed by atoms with E-state index in [0.29, 0.717) is 18.1 Å². The van der Waals surface area contributed by atoms with E-state index < -0.39 is 0 Å². The molecule has 0 radical (unpaired) electrons. The lowest BCUT2D eigenvalue weighted by Gasteiger charge is -2.23. The Bertz CT molecular complexity index is 585. The van der Waals surface area contributed by atoms with Gasteiger partial charge in [0.15, 0.2) is 0 Å². The Morgan fingerprint density at radius 2 is 2.24 bits per heavy atom. The van der Waals surface area contributed by atoms with Gasteiger partial charge in [-0.3, -0.25) is 14.8 Å². The standard InChI is InChI=1S/C15H19ClN4O/c1-11(20(2)10-12-7-18-19-8-12)15(21)17-9-13-5-3-4-6-14(13)16/h3-8,11H,9-10H2,1-2H3,(H,17,21)(H,18,19)/t11-/m0/s1. The summed E-state index contributed by atoms with van der Waals surface area (Å²) in [6, 6.07) is 7.26. The molecule has 1 aromatic carbocycles. The summed E-state index contributed by atoms with van der Waals surface area (Å²) >= 11 is 6.07. The fraction of sp³-hybridized carbons (Fsp3) is 0.333. The highest BCUT2D eigenvalue weighted by molar-refractivity contribution is 6.31. The van der Waals surface area contributed by atoms with Gasteiger partial charge in [-0.15, -0.1) is 0 Å². The van der Waals surface area contributed by atoms with E-state index in [2.05, 4.69) is 15.5 Å². The van der Waals surface area contributed by atoms with Gasteiger partial charge in [0.25, 0.3) is 0 Å². The molecule has 0 aliphatic carbocycles. The predicted molar refractivity (Wildman–Crippen MR) is 82.8 cm³/mol. The SMILES string of the molecule is C[C@@H](C(=O)NCc1ccccc1Cl)N(C)Cc1cn[nH]c1. The number of carbonyl (C=O) groups excluding carboxylic acids is 1. The van der Waals surface area contributed by atoms with Crippen molar-refractivity contribution in [3.8, 4) is 0 Å². The number of amides is 1. The van der Waals surface area contributed by atoms with E-state index in [4.69, 9.17) is 11.6 Å². The summed E-state index contributed by atoms with van der Waals surface area (Å²) in [5.74, 6) is -0.0269. The van der Waals surface area contributed by atoms with Gasteiger partial charge in [-0.1, -0.05) is 29.8 Å². The molecule has 0 fully saturated rings. The Morgan fingerprint density at radius 3 is 2.90 bits per heavy atom. The van der Waals surface area contributed by atoms with Gasteiger partial charge in [0.2, 0.25) is 5.91 Å². The number of aromatic nitrogens is 2. The molecule has 5 nitrogen and oxygen atoms in total. The predicted octanol–water partition coefficient (Wildman–Crippen LogP) is 2.20. The summed E-state index contributed by atoms with van der Waals surface area (Å²) in [5, 5.41) is 10.2. The van der Waals surface area contributed by atoms with Crippen LogP contribution in [0.2, 0.25) is 5.02 Å². The lowest BCUT2D eigenvalue weighted by Crippen LogP contribution is -2.42. The summed E-state index contributed by atoms with van der Waals surface area (Å²) in [4.78, 5) is 14.1. The molecule has 0 bridgehead atoms. The van der Waals surface area contributed by atoms with Crippen LogP contribution in [0.25, 0.3) is 0 Å². The summed E-state index contributed by atoms with van der Waals surface area (Å²) in [5.41, 5.74) is 1.96. The Hall–Kier alpha value is -1.85. The third-order valence-electron chi connectivity index (χ3n) is 3.44. The highest BCUT2D eigenvalue weighted by atomic mass is 35.5. The molecule has 0 aliphatic heterocycles. The lowest BCUT2D eigenvalue weighted by atomic mass is 10.2.